The van der Waals surface area contributed by atoms with Crippen molar-refractivity contribution in [1.29, 1.82) is 0 Å². The van der Waals surface area contributed by atoms with E-state index in [1.165, 1.54) is 18.9 Å². The SMILES string of the molecule is CCC1(CC)CCN(c2ncc(Br)cc2[N+](=O)[O-])CC1. The second-order valence-corrected chi connectivity index (χ2v) is 6.36. The zero-order chi connectivity index (χ0) is 14.8. The van der Waals surface area contributed by atoms with Crippen LogP contribution in [0.2, 0.25) is 0 Å². The number of nitrogens with zero attached hydrogens (tertiary/aromatic N) is 3. The summed E-state index contributed by atoms with van der Waals surface area (Å²) in [6, 6.07) is 1.53. The maximum atomic E-state index is 11.2. The molecule has 0 radical (unpaired) electrons. The van der Waals surface area contributed by atoms with E-state index in [0.29, 0.717) is 15.7 Å². The molecule has 0 unspecified atom stereocenters. The molecule has 0 aliphatic carbocycles. The van der Waals surface area contributed by atoms with E-state index in [0.717, 1.165) is 25.9 Å². The lowest BCUT2D eigenvalue weighted by Gasteiger charge is -2.41. The molecule has 0 atom stereocenters. The van der Waals surface area contributed by atoms with Crippen LogP contribution in [-0.4, -0.2) is 23.0 Å². The van der Waals surface area contributed by atoms with Gasteiger partial charge in [0.2, 0.25) is 5.82 Å². The number of pyridine rings is 1. The average molecular weight is 342 g/mol. The standard InChI is InChI=1S/C14H20BrN3O2/c1-3-14(4-2)5-7-17(8-6-14)13-12(18(19)20)9-11(15)10-16-13/h9-10H,3-8H2,1-2H3. The highest BCUT2D eigenvalue weighted by Gasteiger charge is 2.33. The fourth-order valence-corrected chi connectivity index (χ4v) is 3.27. The van der Waals surface area contributed by atoms with Gasteiger partial charge in [-0.3, -0.25) is 10.1 Å². The van der Waals surface area contributed by atoms with Gasteiger partial charge in [0, 0.05) is 29.8 Å². The number of hydrogen-bond donors (Lipinski definition) is 0. The van der Waals surface area contributed by atoms with Crippen molar-refractivity contribution in [3.8, 4) is 0 Å². The molecule has 1 aromatic rings. The average Bonchev–Trinajstić information content (AvgIpc) is 2.47. The van der Waals surface area contributed by atoms with Crippen LogP contribution in [0.15, 0.2) is 16.7 Å². The summed E-state index contributed by atoms with van der Waals surface area (Å²) < 4.78 is 0.640. The Balaban J connectivity index is 2.21. The molecule has 0 spiro atoms. The van der Waals surface area contributed by atoms with Crippen molar-refractivity contribution in [3.05, 3.63) is 26.9 Å². The Kier molecular flexibility index (Phi) is 4.62. The number of rotatable bonds is 4. The first kappa shape index (κ1) is 15.2. The normalized spacial score (nSPS) is 18.1. The quantitative estimate of drug-likeness (QED) is 0.609. The third-order valence-electron chi connectivity index (χ3n) is 4.63. The fraction of sp³-hybridized carbons (Fsp3) is 0.643. The van der Waals surface area contributed by atoms with E-state index < -0.39 is 0 Å². The highest BCUT2D eigenvalue weighted by Crippen LogP contribution is 2.40. The molecule has 6 heteroatoms. The topological polar surface area (TPSA) is 59.3 Å². The number of hydrogen-bond acceptors (Lipinski definition) is 4. The van der Waals surface area contributed by atoms with Crippen LogP contribution < -0.4 is 4.90 Å². The molecule has 0 saturated carbocycles. The third-order valence-corrected chi connectivity index (χ3v) is 5.07. The molecule has 2 heterocycles. The highest BCUT2D eigenvalue weighted by molar-refractivity contribution is 9.10. The van der Waals surface area contributed by atoms with Crippen molar-refractivity contribution in [3.63, 3.8) is 0 Å². The first-order valence-corrected chi connectivity index (χ1v) is 7.85. The summed E-state index contributed by atoms with van der Waals surface area (Å²) in [4.78, 5) is 17.1. The van der Waals surface area contributed by atoms with Crippen LogP contribution >= 0.6 is 15.9 Å². The van der Waals surface area contributed by atoms with E-state index in [9.17, 15) is 10.1 Å². The Morgan fingerprint density at radius 2 is 2.00 bits per heavy atom. The van der Waals surface area contributed by atoms with Gasteiger partial charge in [-0.25, -0.2) is 4.98 Å². The van der Waals surface area contributed by atoms with Crippen molar-refractivity contribution in [2.24, 2.45) is 5.41 Å². The molecule has 2 rings (SSSR count). The van der Waals surface area contributed by atoms with Gasteiger partial charge in [0.05, 0.1) is 4.92 Å². The Morgan fingerprint density at radius 1 is 1.40 bits per heavy atom. The molecule has 0 N–H and O–H groups in total. The van der Waals surface area contributed by atoms with Gasteiger partial charge in [-0.2, -0.15) is 0 Å². The molecule has 0 bridgehead atoms. The van der Waals surface area contributed by atoms with Crippen LogP contribution in [0.5, 0.6) is 0 Å². The Morgan fingerprint density at radius 3 is 2.50 bits per heavy atom. The number of aromatic nitrogens is 1. The molecular weight excluding hydrogens is 322 g/mol. The molecule has 0 aromatic carbocycles. The monoisotopic (exact) mass is 341 g/mol. The van der Waals surface area contributed by atoms with Crippen LogP contribution in [0, 0.1) is 15.5 Å². The molecule has 1 aliphatic heterocycles. The maximum Gasteiger partial charge on any atom is 0.312 e. The Labute approximate surface area is 127 Å². The lowest BCUT2D eigenvalue weighted by molar-refractivity contribution is -0.384. The summed E-state index contributed by atoms with van der Waals surface area (Å²) in [5.41, 5.74) is 0.487. The smallest absolute Gasteiger partial charge is 0.312 e. The van der Waals surface area contributed by atoms with E-state index in [2.05, 4.69) is 34.8 Å². The van der Waals surface area contributed by atoms with Crippen molar-refractivity contribution in [1.82, 2.24) is 4.98 Å². The number of piperidine rings is 1. The predicted molar refractivity (Wildman–Crippen MR) is 83.1 cm³/mol. The van der Waals surface area contributed by atoms with Gasteiger partial charge in [0.15, 0.2) is 0 Å². The minimum absolute atomic E-state index is 0.0832. The number of nitro groups is 1. The number of halogens is 1. The van der Waals surface area contributed by atoms with Crippen molar-refractivity contribution >= 4 is 27.4 Å². The molecule has 1 saturated heterocycles. The first-order chi connectivity index (χ1) is 9.51. The molecular formula is C14H20BrN3O2. The summed E-state index contributed by atoms with van der Waals surface area (Å²) in [5, 5.41) is 11.2. The largest absolute Gasteiger partial charge is 0.351 e. The van der Waals surface area contributed by atoms with E-state index in [4.69, 9.17) is 0 Å². The molecule has 1 aromatic heterocycles. The fourth-order valence-electron chi connectivity index (χ4n) is 2.95. The van der Waals surface area contributed by atoms with Gasteiger partial charge in [-0.15, -0.1) is 0 Å². The van der Waals surface area contributed by atoms with Crippen LogP contribution in [0.3, 0.4) is 0 Å². The second kappa shape index (κ2) is 6.08. The minimum Gasteiger partial charge on any atom is -0.351 e. The van der Waals surface area contributed by atoms with Gasteiger partial charge < -0.3 is 4.90 Å². The molecule has 20 heavy (non-hydrogen) atoms. The van der Waals surface area contributed by atoms with Crippen molar-refractivity contribution < 1.29 is 4.92 Å². The molecule has 110 valence electrons. The molecule has 1 fully saturated rings. The van der Waals surface area contributed by atoms with Crippen molar-refractivity contribution in [2.45, 2.75) is 39.5 Å². The van der Waals surface area contributed by atoms with Gasteiger partial charge in [-0.1, -0.05) is 26.7 Å². The van der Waals surface area contributed by atoms with Gasteiger partial charge >= 0.3 is 5.69 Å². The van der Waals surface area contributed by atoms with E-state index >= 15 is 0 Å². The van der Waals surface area contributed by atoms with E-state index in [1.807, 2.05) is 4.90 Å². The van der Waals surface area contributed by atoms with E-state index in [-0.39, 0.29) is 10.6 Å². The number of anilines is 1. The van der Waals surface area contributed by atoms with Crippen LogP contribution in [0.25, 0.3) is 0 Å². The Bertz CT molecular complexity index is 493. The van der Waals surface area contributed by atoms with E-state index in [1.54, 1.807) is 6.20 Å². The van der Waals surface area contributed by atoms with Crippen LogP contribution in [0.4, 0.5) is 11.5 Å². The maximum absolute atomic E-state index is 11.2. The first-order valence-electron chi connectivity index (χ1n) is 7.06. The second-order valence-electron chi connectivity index (χ2n) is 5.45. The summed E-state index contributed by atoms with van der Waals surface area (Å²) >= 11 is 3.24. The molecule has 1 aliphatic rings. The summed E-state index contributed by atoms with van der Waals surface area (Å²) in [7, 11) is 0. The summed E-state index contributed by atoms with van der Waals surface area (Å²) in [6.45, 7) is 6.16. The zero-order valence-electron chi connectivity index (χ0n) is 11.9. The lowest BCUT2D eigenvalue weighted by atomic mass is 9.74. The van der Waals surface area contributed by atoms with Crippen molar-refractivity contribution in [2.75, 3.05) is 18.0 Å². The highest BCUT2D eigenvalue weighted by atomic mass is 79.9. The minimum atomic E-state index is -0.353. The van der Waals surface area contributed by atoms with Gasteiger partial charge in [0.25, 0.3) is 0 Å². The summed E-state index contributed by atoms with van der Waals surface area (Å²) in [5.74, 6) is 0.499. The lowest BCUT2D eigenvalue weighted by Crippen LogP contribution is -2.40. The Hall–Kier alpha value is -1.17. The predicted octanol–water partition coefficient (Wildman–Crippen LogP) is 4.16. The third kappa shape index (κ3) is 2.95. The zero-order valence-corrected chi connectivity index (χ0v) is 13.5. The molecule has 0 amide bonds. The van der Waals surface area contributed by atoms with Gasteiger partial charge in [-0.05, 0) is 34.2 Å². The van der Waals surface area contributed by atoms with Crippen LogP contribution in [-0.2, 0) is 0 Å². The molecule has 5 nitrogen and oxygen atoms in total. The summed E-state index contributed by atoms with van der Waals surface area (Å²) in [6.07, 6.45) is 6.13. The van der Waals surface area contributed by atoms with Crippen LogP contribution in [0.1, 0.15) is 39.5 Å². The van der Waals surface area contributed by atoms with Gasteiger partial charge in [0.1, 0.15) is 0 Å².